The molecule has 0 aliphatic rings. The van der Waals surface area contributed by atoms with Crippen LogP contribution in [0.5, 0.6) is 0 Å². The Morgan fingerprint density at radius 2 is 1.59 bits per heavy atom. The maximum atomic E-state index is 4.74. The van der Waals surface area contributed by atoms with Crippen LogP contribution in [0, 0.1) is 0 Å². The van der Waals surface area contributed by atoms with Crippen LogP contribution in [-0.2, 0) is 0 Å². The number of aromatic nitrogens is 1. The topological polar surface area (TPSA) is 24.9 Å². The number of fused-ring (bicyclic) bond motifs is 1. The third kappa shape index (κ3) is 4.76. The summed E-state index contributed by atoms with van der Waals surface area (Å²) in [6.45, 7) is 13.1. The Labute approximate surface area is 165 Å². The molecule has 2 aromatic carbocycles. The van der Waals surface area contributed by atoms with Gasteiger partial charge in [-0.3, -0.25) is 4.98 Å². The highest BCUT2D eigenvalue weighted by Gasteiger charge is 2.31. The van der Waals surface area contributed by atoms with Gasteiger partial charge in [0.05, 0.1) is 13.6 Å². The van der Waals surface area contributed by atoms with E-state index in [9.17, 15) is 0 Å². The van der Waals surface area contributed by atoms with Gasteiger partial charge in [-0.2, -0.15) is 0 Å². The minimum Gasteiger partial charge on any atom is -0.382 e. The van der Waals surface area contributed by atoms with E-state index in [1.165, 1.54) is 16.3 Å². The largest absolute Gasteiger partial charge is 0.382 e. The maximum absolute atomic E-state index is 4.74. The monoisotopic (exact) mass is 390 g/mol. The summed E-state index contributed by atoms with van der Waals surface area (Å²) in [4.78, 5) is 4.74. The molecular formula is C23H30N2Si2. The average Bonchev–Trinajstić information content (AvgIpc) is 2.64. The molecule has 0 radical (unpaired) electrons. The molecule has 0 aliphatic heterocycles. The van der Waals surface area contributed by atoms with E-state index < -0.39 is 16.1 Å². The van der Waals surface area contributed by atoms with Crippen molar-refractivity contribution >= 4 is 37.9 Å². The molecule has 4 heteroatoms. The Balaban J connectivity index is 2.03. The van der Waals surface area contributed by atoms with E-state index in [1.54, 1.807) is 5.20 Å². The zero-order valence-electron chi connectivity index (χ0n) is 17.1. The van der Waals surface area contributed by atoms with Gasteiger partial charge in [-0.15, -0.1) is 0 Å². The van der Waals surface area contributed by atoms with Crippen LogP contribution in [0.2, 0.25) is 32.7 Å². The van der Waals surface area contributed by atoms with E-state index in [0.29, 0.717) is 0 Å². The molecule has 1 aromatic heterocycles. The van der Waals surface area contributed by atoms with Crippen molar-refractivity contribution < 1.29 is 0 Å². The minimum atomic E-state index is -1.87. The predicted molar refractivity (Wildman–Crippen MR) is 125 cm³/mol. The van der Waals surface area contributed by atoms with Crippen molar-refractivity contribution in [3.8, 4) is 0 Å². The summed E-state index contributed by atoms with van der Waals surface area (Å²) in [5.41, 5.74) is 4.95. The van der Waals surface area contributed by atoms with E-state index in [2.05, 4.69) is 98.3 Å². The van der Waals surface area contributed by atoms with Crippen molar-refractivity contribution in [1.29, 1.82) is 0 Å². The minimum absolute atomic E-state index is 0.900. The lowest BCUT2D eigenvalue weighted by Crippen LogP contribution is -2.47. The first-order valence-corrected chi connectivity index (χ1v) is 16.2. The molecule has 0 bridgehead atoms. The smallest absolute Gasteiger partial charge is 0.111 e. The van der Waals surface area contributed by atoms with Crippen LogP contribution in [0.1, 0.15) is 0 Å². The predicted octanol–water partition coefficient (Wildman–Crippen LogP) is 5.61. The zero-order chi connectivity index (χ0) is 19.5. The van der Waals surface area contributed by atoms with Gasteiger partial charge in [0.2, 0.25) is 0 Å². The fourth-order valence-corrected chi connectivity index (χ4v) is 9.59. The van der Waals surface area contributed by atoms with Crippen LogP contribution in [0.15, 0.2) is 77.8 Å². The van der Waals surface area contributed by atoms with E-state index in [1.807, 2.05) is 12.3 Å². The van der Waals surface area contributed by atoms with E-state index in [0.717, 1.165) is 12.1 Å². The second-order valence-electron chi connectivity index (χ2n) is 8.76. The van der Waals surface area contributed by atoms with Crippen molar-refractivity contribution in [2.45, 2.75) is 32.7 Å². The fraction of sp³-hybridized carbons (Fsp3) is 0.261. The standard InChI is InChI=1S/C23H30N2Si2/c1-26(2,3)18-21(17-25-20-13-7-6-8-14-20)27(4,5)22-15-9-11-19-12-10-16-24-23(19)22/h6-16,18,25H,17H2,1-5H3/b21-18+. The SMILES string of the molecule is C[Si](C)(C)/C=C(\CNc1ccccc1)[Si](C)(C)c1cccc2cccnc12. The Morgan fingerprint density at radius 3 is 2.30 bits per heavy atom. The van der Waals surface area contributed by atoms with Crippen molar-refractivity contribution in [2.75, 3.05) is 11.9 Å². The van der Waals surface area contributed by atoms with Crippen molar-refractivity contribution in [3.05, 3.63) is 77.8 Å². The van der Waals surface area contributed by atoms with Crippen LogP contribution in [0.4, 0.5) is 5.69 Å². The molecule has 2 nitrogen and oxygen atoms in total. The normalized spacial score (nSPS) is 13.0. The molecule has 0 saturated heterocycles. The molecule has 27 heavy (non-hydrogen) atoms. The van der Waals surface area contributed by atoms with Gasteiger partial charge in [0, 0.05) is 23.8 Å². The number of anilines is 1. The van der Waals surface area contributed by atoms with Crippen molar-refractivity contribution in [1.82, 2.24) is 4.98 Å². The van der Waals surface area contributed by atoms with Gasteiger partial charge in [0.15, 0.2) is 0 Å². The highest BCUT2D eigenvalue weighted by Crippen LogP contribution is 2.23. The summed E-state index contributed by atoms with van der Waals surface area (Å²) in [5, 5.41) is 7.90. The Hall–Kier alpha value is -2.18. The molecule has 0 fully saturated rings. The summed E-state index contributed by atoms with van der Waals surface area (Å²) >= 11 is 0. The first-order valence-electron chi connectivity index (χ1n) is 9.63. The first-order chi connectivity index (χ1) is 12.8. The summed E-state index contributed by atoms with van der Waals surface area (Å²) in [6.07, 6.45) is 1.92. The number of pyridine rings is 1. The van der Waals surface area contributed by atoms with Crippen LogP contribution in [0.3, 0.4) is 0 Å². The van der Waals surface area contributed by atoms with Crippen LogP contribution in [-0.4, -0.2) is 27.7 Å². The molecule has 1 heterocycles. The zero-order valence-corrected chi connectivity index (χ0v) is 19.1. The van der Waals surface area contributed by atoms with E-state index in [-0.39, 0.29) is 0 Å². The summed E-state index contributed by atoms with van der Waals surface area (Å²) < 4.78 is 0. The molecule has 3 rings (SSSR count). The second-order valence-corrected chi connectivity index (χ2v) is 18.2. The Kier molecular flexibility index (Phi) is 5.68. The van der Waals surface area contributed by atoms with Crippen LogP contribution < -0.4 is 10.5 Å². The number of benzene rings is 2. The quantitative estimate of drug-likeness (QED) is 0.554. The van der Waals surface area contributed by atoms with Gasteiger partial charge in [-0.1, -0.05) is 86.1 Å². The lowest BCUT2D eigenvalue weighted by molar-refractivity contribution is 1.28. The number of nitrogens with zero attached hydrogens (tertiary/aromatic N) is 1. The molecule has 3 aromatic rings. The van der Waals surface area contributed by atoms with E-state index >= 15 is 0 Å². The van der Waals surface area contributed by atoms with Gasteiger partial charge in [0.1, 0.15) is 8.07 Å². The molecule has 0 amide bonds. The third-order valence-corrected chi connectivity index (χ3v) is 10.2. The maximum Gasteiger partial charge on any atom is 0.111 e. The molecule has 0 unspecified atom stereocenters. The fourth-order valence-electron chi connectivity index (χ4n) is 3.51. The average molecular weight is 391 g/mol. The number of nitrogens with one attached hydrogen (secondary N) is 1. The lowest BCUT2D eigenvalue weighted by Gasteiger charge is -2.30. The molecular weight excluding hydrogens is 360 g/mol. The highest BCUT2D eigenvalue weighted by molar-refractivity contribution is 6.98. The number of hydrogen-bond donors (Lipinski definition) is 1. The van der Waals surface area contributed by atoms with E-state index in [4.69, 9.17) is 4.98 Å². The molecule has 1 N–H and O–H groups in total. The number of rotatable bonds is 6. The van der Waals surface area contributed by atoms with Gasteiger partial charge in [-0.05, 0) is 23.4 Å². The summed E-state index contributed by atoms with van der Waals surface area (Å²) in [7, 11) is -3.22. The Morgan fingerprint density at radius 1 is 0.889 bits per heavy atom. The molecule has 140 valence electrons. The highest BCUT2D eigenvalue weighted by atomic mass is 28.3. The molecule has 0 spiro atoms. The van der Waals surface area contributed by atoms with Crippen molar-refractivity contribution in [2.24, 2.45) is 0 Å². The Bertz CT molecular complexity index is 936. The second kappa shape index (κ2) is 7.83. The van der Waals surface area contributed by atoms with Crippen LogP contribution >= 0.6 is 0 Å². The molecule has 0 aliphatic carbocycles. The summed E-state index contributed by atoms with van der Waals surface area (Å²) in [5.74, 6) is 0. The molecule has 0 atom stereocenters. The van der Waals surface area contributed by atoms with Gasteiger partial charge in [0.25, 0.3) is 0 Å². The van der Waals surface area contributed by atoms with Gasteiger partial charge >= 0.3 is 0 Å². The third-order valence-electron chi connectivity index (χ3n) is 4.97. The number of para-hydroxylation sites is 2. The first kappa shape index (κ1) is 19.6. The number of hydrogen-bond acceptors (Lipinski definition) is 2. The van der Waals surface area contributed by atoms with Gasteiger partial charge < -0.3 is 5.32 Å². The van der Waals surface area contributed by atoms with Crippen LogP contribution in [0.25, 0.3) is 10.9 Å². The van der Waals surface area contributed by atoms with Gasteiger partial charge in [-0.25, -0.2) is 0 Å². The van der Waals surface area contributed by atoms with Crippen molar-refractivity contribution in [3.63, 3.8) is 0 Å². The summed E-state index contributed by atoms with van der Waals surface area (Å²) in [6, 6.07) is 21.3. The molecule has 0 saturated carbocycles. The lowest BCUT2D eigenvalue weighted by atomic mass is 10.2.